The molecule has 0 aliphatic carbocycles. The van der Waals surface area contributed by atoms with Crippen LogP contribution in [0.5, 0.6) is 0 Å². The molecular weight excluding hydrogens is 650 g/mol. The van der Waals surface area contributed by atoms with E-state index >= 15 is 0 Å². The molecule has 3 fully saturated rings. The first-order chi connectivity index (χ1) is 23.9. The van der Waals surface area contributed by atoms with Gasteiger partial charge in [0.2, 0.25) is 35.4 Å². The number of hydrogen-bond acceptors (Lipinski definition) is 8. The van der Waals surface area contributed by atoms with Crippen LogP contribution in [0.3, 0.4) is 0 Å². The minimum atomic E-state index is -1.70. The summed E-state index contributed by atoms with van der Waals surface area (Å²) in [7, 11) is 0. The standard InChI is InChI=1S/C33H41N9O8/c34-33(35)36-13-7-12-22-29(46)38-16-25-31(48)41(18-20-8-3-1-4-9-20)24(30(47)42(25)19-21-10-5-2-6-11-21)15-27(44)40-23(32(49)50)14-26(43)37-17-28(45)39-22/h1-6,8-11,22-25H,7,12-19H2,(H,37,43)(H,38,46)(H,39,45)(H,40,44)(H,49,50)(H4,34,35,36)/t22-,23-,24-,25+/m0/s1. The summed E-state index contributed by atoms with van der Waals surface area (Å²) in [6, 6.07) is 12.2. The minimum Gasteiger partial charge on any atom is -0.480 e. The lowest BCUT2D eigenvalue weighted by atomic mass is 9.98. The number of nitrogens with zero attached hydrogens (tertiary/aromatic N) is 3. The highest BCUT2D eigenvalue weighted by atomic mass is 16.4. The molecule has 2 aromatic rings. The number of carboxylic acid groups (broad SMARTS) is 1. The molecule has 2 bridgehead atoms. The van der Waals surface area contributed by atoms with Crippen LogP contribution in [0.25, 0.3) is 0 Å². The molecule has 3 saturated heterocycles. The lowest BCUT2D eigenvalue weighted by Gasteiger charge is -2.45. The van der Waals surface area contributed by atoms with Crippen molar-refractivity contribution >= 4 is 47.4 Å². The van der Waals surface area contributed by atoms with Gasteiger partial charge in [0.05, 0.1) is 19.4 Å². The van der Waals surface area contributed by atoms with Crippen LogP contribution in [-0.4, -0.2) is 106 Å². The predicted molar refractivity (Wildman–Crippen MR) is 178 cm³/mol. The van der Waals surface area contributed by atoms with E-state index in [2.05, 4.69) is 26.3 Å². The van der Waals surface area contributed by atoms with E-state index in [-0.39, 0.29) is 45.0 Å². The summed E-state index contributed by atoms with van der Waals surface area (Å²) < 4.78 is 0. The Bertz CT molecular complexity index is 1600. The van der Waals surface area contributed by atoms with E-state index in [4.69, 9.17) is 11.5 Å². The summed E-state index contributed by atoms with van der Waals surface area (Å²) in [6.45, 7) is -0.884. The molecule has 0 aromatic heterocycles. The fourth-order valence-electron chi connectivity index (χ4n) is 5.69. The maximum absolute atomic E-state index is 14.4. The number of rotatable bonds is 9. The van der Waals surface area contributed by atoms with Crippen LogP contribution in [0, 0.1) is 0 Å². The van der Waals surface area contributed by atoms with Crippen LogP contribution >= 0.6 is 0 Å². The summed E-state index contributed by atoms with van der Waals surface area (Å²) in [4.78, 5) is 99.5. The van der Waals surface area contributed by atoms with Gasteiger partial charge in [-0.1, -0.05) is 60.7 Å². The summed E-state index contributed by atoms with van der Waals surface area (Å²) in [5.41, 5.74) is 12.1. The van der Waals surface area contributed by atoms with Crippen molar-refractivity contribution in [3.05, 3.63) is 71.8 Å². The van der Waals surface area contributed by atoms with Crippen LogP contribution < -0.4 is 32.7 Å². The molecular formula is C33H41N9O8. The van der Waals surface area contributed by atoms with E-state index in [1.807, 2.05) is 0 Å². The smallest absolute Gasteiger partial charge is 0.326 e. The zero-order chi connectivity index (χ0) is 36.2. The Labute approximate surface area is 287 Å². The summed E-state index contributed by atoms with van der Waals surface area (Å²) >= 11 is 0. The molecule has 3 heterocycles. The average Bonchev–Trinajstić information content (AvgIpc) is 3.08. The molecule has 0 unspecified atom stereocenters. The van der Waals surface area contributed by atoms with Gasteiger partial charge in [0, 0.05) is 26.2 Å². The fraction of sp³-hybridized carbons (Fsp3) is 0.394. The summed E-state index contributed by atoms with van der Waals surface area (Å²) in [5.74, 6) is -6.03. The van der Waals surface area contributed by atoms with Crippen molar-refractivity contribution in [2.24, 2.45) is 16.5 Å². The third-order valence-electron chi connectivity index (χ3n) is 8.19. The van der Waals surface area contributed by atoms with Gasteiger partial charge < -0.3 is 47.6 Å². The first-order valence-corrected chi connectivity index (χ1v) is 16.0. The van der Waals surface area contributed by atoms with E-state index in [0.717, 1.165) is 0 Å². The molecule has 2 aromatic carbocycles. The van der Waals surface area contributed by atoms with Gasteiger partial charge in [-0.25, -0.2) is 4.79 Å². The second-order valence-corrected chi connectivity index (χ2v) is 11.9. The summed E-state index contributed by atoms with van der Waals surface area (Å²) in [6.07, 6.45) is -0.989. The zero-order valence-electron chi connectivity index (χ0n) is 27.2. The molecule has 9 N–H and O–H groups in total. The second-order valence-electron chi connectivity index (χ2n) is 11.9. The average molecular weight is 692 g/mol. The molecule has 6 amide bonds. The van der Waals surface area contributed by atoms with Gasteiger partial charge in [-0.15, -0.1) is 0 Å². The zero-order valence-corrected chi connectivity index (χ0v) is 27.2. The number of aliphatic imine (C=N–C) groups is 1. The Morgan fingerprint density at radius 2 is 1.34 bits per heavy atom. The third-order valence-corrected chi connectivity index (χ3v) is 8.19. The number of piperazine rings is 1. The first-order valence-electron chi connectivity index (χ1n) is 16.0. The van der Waals surface area contributed by atoms with Crippen molar-refractivity contribution in [3.8, 4) is 0 Å². The van der Waals surface area contributed by atoms with Crippen molar-refractivity contribution < 1.29 is 38.7 Å². The van der Waals surface area contributed by atoms with E-state index in [0.29, 0.717) is 11.1 Å². The Balaban J connectivity index is 1.74. The number of nitrogens with one attached hydrogen (secondary N) is 4. The fourth-order valence-corrected chi connectivity index (χ4v) is 5.69. The molecule has 3 aliphatic rings. The van der Waals surface area contributed by atoms with Crippen LogP contribution in [0.2, 0.25) is 0 Å². The molecule has 0 spiro atoms. The Morgan fingerprint density at radius 1 is 0.760 bits per heavy atom. The number of carboxylic acids is 1. The van der Waals surface area contributed by atoms with Crippen molar-refractivity contribution in [1.82, 2.24) is 31.1 Å². The molecule has 4 atom stereocenters. The van der Waals surface area contributed by atoms with Gasteiger partial charge in [-0.3, -0.25) is 33.8 Å². The first kappa shape index (κ1) is 36.8. The number of hydrogen-bond donors (Lipinski definition) is 7. The number of benzene rings is 2. The van der Waals surface area contributed by atoms with E-state index in [1.54, 1.807) is 60.7 Å². The molecule has 266 valence electrons. The van der Waals surface area contributed by atoms with Gasteiger partial charge in [0.25, 0.3) is 0 Å². The highest BCUT2D eigenvalue weighted by Gasteiger charge is 2.47. The quantitative estimate of drug-likeness (QED) is 0.0654. The lowest BCUT2D eigenvalue weighted by Crippen LogP contribution is -2.67. The lowest BCUT2D eigenvalue weighted by molar-refractivity contribution is -0.164. The molecule has 17 nitrogen and oxygen atoms in total. The Morgan fingerprint density at radius 3 is 1.92 bits per heavy atom. The van der Waals surface area contributed by atoms with Gasteiger partial charge in [0.1, 0.15) is 24.2 Å². The second kappa shape index (κ2) is 17.4. The molecule has 5 rings (SSSR count). The predicted octanol–water partition coefficient (Wildman–Crippen LogP) is -2.07. The number of carbonyl (C=O) groups is 7. The minimum absolute atomic E-state index is 0.0418. The SMILES string of the molecule is NC(N)=NCCC[C@@H]1NC(=O)CNC(=O)C[C@@H](C(=O)O)NC(=O)C[C@H]2C(=O)N(Cc3ccccc3)[C@H](CNC1=O)C(=O)N2Cc1ccccc1. The van der Waals surface area contributed by atoms with Crippen LogP contribution in [-0.2, 0) is 46.7 Å². The molecule has 3 aliphatic heterocycles. The topological polar surface area (TPSA) is 259 Å². The third kappa shape index (κ3) is 10.2. The molecule has 50 heavy (non-hydrogen) atoms. The van der Waals surface area contributed by atoms with Crippen molar-refractivity contribution in [2.75, 3.05) is 19.6 Å². The van der Waals surface area contributed by atoms with Crippen molar-refractivity contribution in [1.29, 1.82) is 0 Å². The maximum atomic E-state index is 14.4. The number of aliphatic carboxylic acids is 1. The molecule has 0 saturated carbocycles. The number of guanidine groups is 1. The highest BCUT2D eigenvalue weighted by Crippen LogP contribution is 2.25. The largest absolute Gasteiger partial charge is 0.480 e. The Kier molecular flexibility index (Phi) is 12.8. The number of fused-ring (bicyclic) bond motifs is 15. The van der Waals surface area contributed by atoms with Crippen molar-refractivity contribution in [3.63, 3.8) is 0 Å². The van der Waals surface area contributed by atoms with Gasteiger partial charge in [-0.2, -0.15) is 0 Å². The van der Waals surface area contributed by atoms with Gasteiger partial charge >= 0.3 is 5.97 Å². The highest BCUT2D eigenvalue weighted by molar-refractivity contribution is 6.00. The van der Waals surface area contributed by atoms with Crippen LogP contribution in [0.15, 0.2) is 65.7 Å². The Hall–Kier alpha value is -6.00. The number of nitrogens with two attached hydrogens (primary N) is 2. The van der Waals surface area contributed by atoms with Crippen molar-refractivity contribution in [2.45, 2.75) is 62.9 Å². The van der Waals surface area contributed by atoms with E-state index < -0.39 is 85.0 Å². The summed E-state index contributed by atoms with van der Waals surface area (Å²) in [5, 5.41) is 19.6. The maximum Gasteiger partial charge on any atom is 0.326 e. The van der Waals surface area contributed by atoms with Crippen LogP contribution in [0.4, 0.5) is 0 Å². The van der Waals surface area contributed by atoms with Gasteiger partial charge in [-0.05, 0) is 24.0 Å². The number of carbonyl (C=O) groups excluding carboxylic acids is 6. The number of amides is 6. The normalized spacial score (nSPS) is 22.4. The molecule has 17 heteroatoms. The van der Waals surface area contributed by atoms with Gasteiger partial charge in [0.15, 0.2) is 5.96 Å². The monoisotopic (exact) mass is 691 g/mol. The van der Waals surface area contributed by atoms with E-state index in [1.165, 1.54) is 9.80 Å². The molecule has 0 radical (unpaired) electrons. The van der Waals surface area contributed by atoms with E-state index in [9.17, 15) is 38.7 Å². The van der Waals surface area contributed by atoms with Crippen LogP contribution in [0.1, 0.15) is 36.8 Å².